The number of likely N-dealkylation sites (tertiary alicyclic amines) is 1. The average molecular weight is 274 g/mol. The number of hydrogen-bond donors (Lipinski definition) is 1. The Kier molecular flexibility index (Phi) is 5.17. The third-order valence-electron chi connectivity index (χ3n) is 3.92. The Morgan fingerprint density at radius 1 is 1.30 bits per heavy atom. The van der Waals surface area contributed by atoms with Crippen LogP contribution < -0.4 is 5.73 Å². The molecule has 1 aliphatic rings. The van der Waals surface area contributed by atoms with Crippen LogP contribution >= 0.6 is 0 Å². The molecule has 0 spiro atoms. The summed E-state index contributed by atoms with van der Waals surface area (Å²) in [6.45, 7) is 6.71. The maximum Gasteiger partial charge on any atom is 0.124 e. The van der Waals surface area contributed by atoms with Crippen molar-refractivity contribution < 1.29 is 4.39 Å². The summed E-state index contributed by atoms with van der Waals surface area (Å²) >= 11 is 0. The van der Waals surface area contributed by atoms with Crippen molar-refractivity contribution >= 4 is 0 Å². The fourth-order valence-electron chi connectivity index (χ4n) is 2.80. The van der Waals surface area contributed by atoms with Gasteiger partial charge in [-0.1, -0.05) is 18.8 Å². The van der Waals surface area contributed by atoms with Crippen molar-refractivity contribution in [1.29, 1.82) is 0 Å². The zero-order valence-corrected chi connectivity index (χ0v) is 12.3. The molecule has 1 aromatic rings. The lowest BCUT2D eigenvalue weighted by atomic mass is 9.94. The highest BCUT2D eigenvalue weighted by atomic mass is 19.1. The molecule has 0 amide bonds. The van der Waals surface area contributed by atoms with Crippen LogP contribution in [0.15, 0.2) is 18.2 Å². The predicted octanol–water partition coefficient (Wildman–Crippen LogP) is 2.76. The van der Waals surface area contributed by atoms with E-state index in [9.17, 15) is 4.39 Å². The monoisotopic (exact) mass is 274 g/mol. The van der Waals surface area contributed by atoms with Crippen molar-refractivity contribution in [3.05, 3.63) is 35.1 Å². The first-order chi connectivity index (χ1) is 9.58. The van der Waals surface area contributed by atoms with Crippen molar-refractivity contribution in [2.24, 2.45) is 11.7 Å². The van der Waals surface area contributed by atoms with Crippen LogP contribution in [-0.2, 0) is 6.54 Å². The second kappa shape index (κ2) is 6.88. The van der Waals surface area contributed by atoms with Crippen LogP contribution in [0, 0.1) is 23.6 Å². The third kappa shape index (κ3) is 4.06. The molecule has 0 bridgehead atoms. The number of hydrogen-bond acceptors (Lipinski definition) is 2. The molecule has 1 saturated heterocycles. The fourth-order valence-corrected chi connectivity index (χ4v) is 2.80. The van der Waals surface area contributed by atoms with Gasteiger partial charge in [0.15, 0.2) is 0 Å². The van der Waals surface area contributed by atoms with Gasteiger partial charge in [0.1, 0.15) is 5.82 Å². The maximum absolute atomic E-state index is 13.7. The second-order valence-electron chi connectivity index (χ2n) is 5.82. The Hall–Kier alpha value is -1.37. The summed E-state index contributed by atoms with van der Waals surface area (Å²) in [6, 6.07) is 5.61. The second-order valence-corrected chi connectivity index (χ2v) is 5.82. The van der Waals surface area contributed by atoms with Crippen LogP contribution in [0.25, 0.3) is 0 Å². The quantitative estimate of drug-likeness (QED) is 0.840. The van der Waals surface area contributed by atoms with Crippen LogP contribution in [0.3, 0.4) is 0 Å². The van der Waals surface area contributed by atoms with Crippen molar-refractivity contribution in [3.63, 3.8) is 0 Å². The van der Waals surface area contributed by atoms with Crippen LogP contribution in [0.1, 0.15) is 37.8 Å². The van der Waals surface area contributed by atoms with E-state index in [1.54, 1.807) is 6.07 Å². The Labute approximate surface area is 121 Å². The molecular weight excluding hydrogens is 251 g/mol. The molecule has 2 atom stereocenters. The first-order valence-corrected chi connectivity index (χ1v) is 7.31. The summed E-state index contributed by atoms with van der Waals surface area (Å²) in [6.07, 6.45) is 2.50. The molecule has 0 aliphatic carbocycles. The van der Waals surface area contributed by atoms with Gasteiger partial charge in [0.25, 0.3) is 0 Å². The number of benzene rings is 1. The summed E-state index contributed by atoms with van der Waals surface area (Å²) in [4.78, 5) is 2.43. The molecule has 2 unspecified atom stereocenters. The smallest absolute Gasteiger partial charge is 0.124 e. The zero-order chi connectivity index (χ0) is 14.5. The first-order valence-electron chi connectivity index (χ1n) is 7.31. The van der Waals surface area contributed by atoms with Gasteiger partial charge in [-0.2, -0.15) is 0 Å². The van der Waals surface area contributed by atoms with Crippen LogP contribution in [0.5, 0.6) is 0 Å². The van der Waals surface area contributed by atoms with E-state index in [1.165, 1.54) is 18.9 Å². The van der Waals surface area contributed by atoms with E-state index in [4.69, 9.17) is 5.73 Å². The number of nitrogens with zero attached hydrogens (tertiary/aromatic N) is 1. The predicted molar refractivity (Wildman–Crippen MR) is 80.6 cm³/mol. The Morgan fingerprint density at radius 3 is 2.85 bits per heavy atom. The van der Waals surface area contributed by atoms with Gasteiger partial charge in [-0.25, -0.2) is 4.39 Å². The molecule has 0 radical (unpaired) electrons. The lowest BCUT2D eigenvalue weighted by Gasteiger charge is -2.36. The van der Waals surface area contributed by atoms with Gasteiger partial charge < -0.3 is 5.73 Å². The average Bonchev–Trinajstić information content (AvgIpc) is 2.40. The van der Waals surface area contributed by atoms with E-state index >= 15 is 0 Å². The van der Waals surface area contributed by atoms with Gasteiger partial charge in [-0.3, -0.25) is 4.90 Å². The molecule has 2 nitrogen and oxygen atoms in total. The SMILES string of the molecule is CC1CCC(C)N(Cc2cc(F)cc(C#CCN)c2)C1. The molecule has 20 heavy (non-hydrogen) atoms. The van der Waals surface area contributed by atoms with Crippen LogP contribution in [0.2, 0.25) is 0 Å². The first kappa shape index (κ1) is 15.0. The molecule has 1 aliphatic heterocycles. The molecule has 0 saturated carbocycles. The van der Waals surface area contributed by atoms with Gasteiger partial charge >= 0.3 is 0 Å². The highest BCUT2D eigenvalue weighted by molar-refractivity contribution is 5.38. The molecule has 2 N–H and O–H groups in total. The molecular formula is C17H23FN2. The normalized spacial score (nSPS) is 23.2. The summed E-state index contributed by atoms with van der Waals surface area (Å²) in [5, 5.41) is 0. The lowest BCUT2D eigenvalue weighted by Crippen LogP contribution is -2.40. The van der Waals surface area contributed by atoms with Crippen molar-refractivity contribution in [1.82, 2.24) is 4.90 Å². The highest BCUT2D eigenvalue weighted by Crippen LogP contribution is 2.23. The van der Waals surface area contributed by atoms with Crippen molar-refractivity contribution in [2.75, 3.05) is 13.1 Å². The molecule has 1 heterocycles. The van der Waals surface area contributed by atoms with E-state index < -0.39 is 0 Å². The minimum absolute atomic E-state index is 0.221. The van der Waals surface area contributed by atoms with E-state index in [0.717, 1.165) is 24.6 Å². The maximum atomic E-state index is 13.7. The van der Waals surface area contributed by atoms with E-state index in [0.29, 0.717) is 18.2 Å². The van der Waals surface area contributed by atoms with Gasteiger partial charge in [0.05, 0.1) is 6.54 Å². The summed E-state index contributed by atoms with van der Waals surface area (Å²) in [5.41, 5.74) is 7.06. The number of piperidine rings is 1. The molecule has 1 aromatic carbocycles. The van der Waals surface area contributed by atoms with Crippen LogP contribution in [0.4, 0.5) is 4.39 Å². The number of rotatable bonds is 2. The van der Waals surface area contributed by atoms with Crippen molar-refractivity contribution in [3.8, 4) is 11.8 Å². The summed E-state index contributed by atoms with van der Waals surface area (Å²) in [7, 11) is 0. The molecule has 0 aromatic heterocycles. The molecule has 108 valence electrons. The molecule has 2 rings (SSSR count). The minimum Gasteiger partial charge on any atom is -0.320 e. The van der Waals surface area contributed by atoms with Gasteiger partial charge in [0, 0.05) is 24.7 Å². The molecule has 1 fully saturated rings. The Bertz CT molecular complexity index is 515. The Balaban J connectivity index is 2.14. The van der Waals surface area contributed by atoms with Gasteiger partial charge in [-0.05, 0) is 49.4 Å². The van der Waals surface area contributed by atoms with E-state index in [-0.39, 0.29) is 5.82 Å². The minimum atomic E-state index is -0.221. The van der Waals surface area contributed by atoms with E-state index in [2.05, 4.69) is 30.6 Å². The lowest BCUT2D eigenvalue weighted by molar-refractivity contribution is 0.117. The van der Waals surface area contributed by atoms with Crippen molar-refractivity contribution in [2.45, 2.75) is 39.3 Å². The number of nitrogens with two attached hydrogens (primary N) is 1. The summed E-state index contributed by atoms with van der Waals surface area (Å²) in [5.74, 6) is 6.18. The summed E-state index contributed by atoms with van der Waals surface area (Å²) < 4.78 is 13.7. The standard InChI is InChI=1S/C17H23FN2/c1-13-5-6-14(2)20(11-13)12-16-8-15(4-3-7-19)9-17(18)10-16/h8-10,13-14H,5-7,11-12,19H2,1-2H3. The molecule has 3 heteroatoms. The largest absolute Gasteiger partial charge is 0.320 e. The van der Waals surface area contributed by atoms with Gasteiger partial charge in [0.2, 0.25) is 0 Å². The fraction of sp³-hybridized carbons (Fsp3) is 0.529. The van der Waals surface area contributed by atoms with Gasteiger partial charge in [-0.15, -0.1) is 0 Å². The van der Waals surface area contributed by atoms with Crippen LogP contribution in [-0.4, -0.2) is 24.0 Å². The third-order valence-corrected chi connectivity index (χ3v) is 3.92. The highest BCUT2D eigenvalue weighted by Gasteiger charge is 2.22. The Morgan fingerprint density at radius 2 is 2.10 bits per heavy atom. The van der Waals surface area contributed by atoms with E-state index in [1.807, 2.05) is 6.07 Å². The number of halogens is 1. The zero-order valence-electron chi connectivity index (χ0n) is 12.3. The topological polar surface area (TPSA) is 29.3 Å².